The number of fused-ring (bicyclic) bond motifs is 2. The Balaban J connectivity index is 1.92. The lowest BCUT2D eigenvalue weighted by Gasteiger charge is -2.44. The highest BCUT2D eigenvalue weighted by atomic mass is 16.6. The lowest BCUT2D eigenvalue weighted by Crippen LogP contribution is -2.40. The molecule has 2 heterocycles. The zero-order chi connectivity index (χ0) is 17.0. The van der Waals surface area contributed by atoms with Crippen molar-refractivity contribution in [3.05, 3.63) is 58.4 Å². The van der Waals surface area contributed by atoms with Gasteiger partial charge in [-0.15, -0.1) is 0 Å². The molecule has 2 aliphatic heterocycles. The third-order valence-corrected chi connectivity index (χ3v) is 5.10. The first-order chi connectivity index (χ1) is 11.5. The molecule has 3 unspecified atom stereocenters. The van der Waals surface area contributed by atoms with Crippen LogP contribution in [0.5, 0.6) is 0 Å². The average Bonchev–Trinajstić information content (AvgIpc) is 2.56. The molecule has 1 aromatic carbocycles. The fourth-order valence-corrected chi connectivity index (χ4v) is 4.09. The minimum Gasteiger partial charge on any atom is -0.498 e. The molecule has 3 aliphatic rings. The molecule has 1 fully saturated rings. The van der Waals surface area contributed by atoms with E-state index in [1.54, 1.807) is 7.11 Å². The van der Waals surface area contributed by atoms with E-state index >= 15 is 0 Å². The van der Waals surface area contributed by atoms with Crippen molar-refractivity contribution >= 4 is 5.78 Å². The molecule has 4 nitrogen and oxygen atoms in total. The van der Waals surface area contributed by atoms with Gasteiger partial charge in [-0.3, -0.25) is 4.79 Å². The molecule has 24 heavy (non-hydrogen) atoms. The van der Waals surface area contributed by atoms with Crippen molar-refractivity contribution in [3.63, 3.8) is 0 Å². The number of methoxy groups -OCH3 is 1. The topological polar surface area (TPSA) is 44.8 Å². The molecule has 3 atom stereocenters. The second-order valence-corrected chi connectivity index (χ2v) is 7.01. The molecule has 1 saturated heterocycles. The highest BCUT2D eigenvalue weighted by molar-refractivity contribution is 6.12. The number of ketones is 1. The highest BCUT2D eigenvalue weighted by Crippen LogP contribution is 2.50. The number of carbonyl (C=O) groups excluding carboxylic acids is 1. The summed E-state index contributed by atoms with van der Waals surface area (Å²) in [6.45, 7) is 8.60. The smallest absolute Gasteiger partial charge is 0.193 e. The van der Waals surface area contributed by atoms with Gasteiger partial charge in [0.25, 0.3) is 0 Å². The van der Waals surface area contributed by atoms with Gasteiger partial charge in [-0.1, -0.05) is 38.6 Å². The van der Waals surface area contributed by atoms with Crippen molar-refractivity contribution in [3.8, 4) is 0 Å². The van der Waals surface area contributed by atoms with E-state index in [-0.39, 0.29) is 30.0 Å². The first-order valence-corrected chi connectivity index (χ1v) is 8.42. The van der Waals surface area contributed by atoms with E-state index in [4.69, 9.17) is 14.2 Å². The summed E-state index contributed by atoms with van der Waals surface area (Å²) in [5.74, 6) is 0.755. The monoisotopic (exact) mass is 326 g/mol. The highest BCUT2D eigenvalue weighted by Gasteiger charge is 2.46. The third-order valence-electron chi connectivity index (χ3n) is 5.10. The maximum Gasteiger partial charge on any atom is 0.193 e. The van der Waals surface area contributed by atoms with Crippen molar-refractivity contribution in [1.82, 2.24) is 0 Å². The van der Waals surface area contributed by atoms with Crippen molar-refractivity contribution < 1.29 is 19.0 Å². The summed E-state index contributed by atoms with van der Waals surface area (Å²) >= 11 is 0. The van der Waals surface area contributed by atoms with Crippen LogP contribution >= 0.6 is 0 Å². The van der Waals surface area contributed by atoms with E-state index < -0.39 is 0 Å². The molecule has 0 bridgehead atoms. The Hall–Kier alpha value is -1.91. The Labute approximate surface area is 142 Å². The minimum atomic E-state index is -0.341. The number of ether oxygens (including phenoxy) is 3. The number of Topliss-reactive ketones (excluding diaryl/α,β-unsaturated/α-hetero) is 1. The normalized spacial score (nSPS) is 28.8. The van der Waals surface area contributed by atoms with Crippen molar-refractivity contribution in [2.45, 2.75) is 38.6 Å². The van der Waals surface area contributed by atoms with Gasteiger partial charge in [0, 0.05) is 16.7 Å². The molecular formula is C20H22O4. The van der Waals surface area contributed by atoms with Crippen LogP contribution in [0.3, 0.4) is 0 Å². The van der Waals surface area contributed by atoms with E-state index in [0.29, 0.717) is 23.5 Å². The number of carbonyl (C=O) groups is 1. The summed E-state index contributed by atoms with van der Waals surface area (Å²) in [5.41, 5.74) is 4.42. The Kier molecular flexibility index (Phi) is 3.62. The van der Waals surface area contributed by atoms with Crippen LogP contribution < -0.4 is 0 Å². The molecule has 0 spiro atoms. The summed E-state index contributed by atoms with van der Waals surface area (Å²) in [7, 11) is 1.62. The fraction of sp³-hybridized carbons (Fsp3) is 0.450. The zero-order valence-electron chi connectivity index (χ0n) is 14.3. The molecular weight excluding hydrogens is 304 g/mol. The van der Waals surface area contributed by atoms with Gasteiger partial charge in [0.2, 0.25) is 0 Å². The van der Waals surface area contributed by atoms with E-state index in [9.17, 15) is 4.79 Å². The first kappa shape index (κ1) is 15.6. The van der Waals surface area contributed by atoms with Gasteiger partial charge in [-0.2, -0.15) is 0 Å². The predicted octanol–water partition coefficient (Wildman–Crippen LogP) is 3.90. The number of benzene rings is 1. The minimum absolute atomic E-state index is 0.0391. The second kappa shape index (κ2) is 5.57. The molecule has 126 valence electrons. The van der Waals surface area contributed by atoms with E-state index in [1.807, 2.05) is 32.0 Å². The Morgan fingerprint density at radius 3 is 2.83 bits per heavy atom. The van der Waals surface area contributed by atoms with Gasteiger partial charge in [0.1, 0.15) is 18.0 Å². The molecule has 0 amide bonds. The van der Waals surface area contributed by atoms with Gasteiger partial charge in [-0.05, 0) is 23.5 Å². The second-order valence-electron chi connectivity index (χ2n) is 7.01. The van der Waals surface area contributed by atoms with Crippen LogP contribution in [0.4, 0.5) is 0 Å². The van der Waals surface area contributed by atoms with Crippen LogP contribution in [0.1, 0.15) is 54.0 Å². The molecule has 4 rings (SSSR count). The van der Waals surface area contributed by atoms with Crippen LogP contribution in [0, 0.1) is 5.92 Å². The van der Waals surface area contributed by atoms with Gasteiger partial charge in [-0.25, -0.2) is 0 Å². The zero-order valence-corrected chi connectivity index (χ0v) is 14.3. The van der Waals surface area contributed by atoms with Crippen LogP contribution in [-0.2, 0) is 14.2 Å². The quantitative estimate of drug-likeness (QED) is 0.773. The summed E-state index contributed by atoms with van der Waals surface area (Å²) in [6, 6.07) is 5.86. The molecule has 0 aromatic heterocycles. The standard InChI is InChI=1S/C20H22O4/c1-10(2)15-17(21)12-6-5-7-13-16(12)20(19(15)22-4)24-14-8-11(3)9-23-18(13)14/h5-7,10,14,18,20H,3,8-9H2,1-2,4H3. The summed E-state index contributed by atoms with van der Waals surface area (Å²) in [4.78, 5) is 13.0. The Bertz CT molecular complexity index is 759. The summed E-state index contributed by atoms with van der Waals surface area (Å²) in [5, 5.41) is 0. The number of hydrogen-bond acceptors (Lipinski definition) is 4. The summed E-state index contributed by atoms with van der Waals surface area (Å²) in [6.07, 6.45) is 0.193. The Morgan fingerprint density at radius 1 is 1.33 bits per heavy atom. The van der Waals surface area contributed by atoms with Gasteiger partial charge in [0.05, 0.1) is 19.8 Å². The molecule has 1 aliphatic carbocycles. The first-order valence-electron chi connectivity index (χ1n) is 8.42. The lowest BCUT2D eigenvalue weighted by molar-refractivity contribution is -0.133. The van der Waals surface area contributed by atoms with E-state index in [0.717, 1.165) is 23.1 Å². The van der Waals surface area contributed by atoms with Gasteiger partial charge < -0.3 is 14.2 Å². The molecule has 1 aromatic rings. The molecule has 0 saturated carbocycles. The van der Waals surface area contributed by atoms with Crippen LogP contribution in [0.15, 0.2) is 41.7 Å². The average molecular weight is 326 g/mol. The van der Waals surface area contributed by atoms with Crippen LogP contribution in [-0.4, -0.2) is 25.6 Å². The Morgan fingerprint density at radius 2 is 2.12 bits per heavy atom. The van der Waals surface area contributed by atoms with E-state index in [2.05, 4.69) is 6.58 Å². The largest absolute Gasteiger partial charge is 0.498 e. The van der Waals surface area contributed by atoms with E-state index in [1.165, 1.54) is 0 Å². The lowest BCUT2D eigenvalue weighted by atomic mass is 9.77. The predicted molar refractivity (Wildman–Crippen MR) is 89.7 cm³/mol. The molecule has 4 heteroatoms. The van der Waals surface area contributed by atoms with Crippen molar-refractivity contribution in [1.29, 1.82) is 0 Å². The third kappa shape index (κ3) is 2.10. The SMILES string of the molecule is C=C1COC2c3cccc4c3C(OC2C1)C(OC)=C(C(C)C)C4=O. The van der Waals surface area contributed by atoms with Crippen molar-refractivity contribution in [2.24, 2.45) is 5.92 Å². The maximum absolute atomic E-state index is 13.0. The summed E-state index contributed by atoms with van der Waals surface area (Å²) < 4.78 is 18.0. The maximum atomic E-state index is 13.0. The number of allylic oxidation sites excluding steroid dienone is 1. The van der Waals surface area contributed by atoms with Crippen LogP contribution in [0.2, 0.25) is 0 Å². The van der Waals surface area contributed by atoms with Crippen molar-refractivity contribution in [2.75, 3.05) is 13.7 Å². The van der Waals surface area contributed by atoms with Gasteiger partial charge >= 0.3 is 0 Å². The number of rotatable bonds is 2. The number of hydrogen-bond donors (Lipinski definition) is 0. The fourth-order valence-electron chi connectivity index (χ4n) is 4.09. The molecule has 0 radical (unpaired) electrons. The van der Waals surface area contributed by atoms with Crippen LogP contribution in [0.25, 0.3) is 0 Å². The molecule has 0 N–H and O–H groups in total. The van der Waals surface area contributed by atoms with Gasteiger partial charge in [0.15, 0.2) is 5.78 Å².